The first-order valence-electron chi connectivity index (χ1n) is 12.1. The molecule has 34 heavy (non-hydrogen) atoms. The molecule has 2 atom stereocenters. The number of urea groups is 1. The molecular formula is C25H30F3N3O3. The molecule has 1 aromatic rings. The summed E-state index contributed by atoms with van der Waals surface area (Å²) in [5.74, 6) is -0.984. The van der Waals surface area contributed by atoms with E-state index in [1.165, 1.54) is 12.1 Å². The fourth-order valence-corrected chi connectivity index (χ4v) is 7.60. The Bertz CT molecular complexity index is 987. The van der Waals surface area contributed by atoms with E-state index < -0.39 is 35.7 Å². The summed E-state index contributed by atoms with van der Waals surface area (Å²) in [6, 6.07) is 4.24. The normalized spacial score (nSPS) is 35.4. The zero-order valence-corrected chi connectivity index (χ0v) is 19.4. The van der Waals surface area contributed by atoms with Crippen LogP contribution in [0.5, 0.6) is 0 Å². The first kappa shape index (κ1) is 23.2. The number of carbonyl (C=O) groups is 3. The third-order valence-electron chi connectivity index (χ3n) is 8.58. The van der Waals surface area contributed by atoms with Crippen LogP contribution < -0.4 is 10.6 Å². The predicted molar refractivity (Wildman–Crippen MR) is 117 cm³/mol. The molecule has 0 aromatic heterocycles. The van der Waals surface area contributed by atoms with Crippen molar-refractivity contribution in [3.8, 4) is 0 Å². The second kappa shape index (κ2) is 7.71. The van der Waals surface area contributed by atoms with Crippen LogP contribution in [0.15, 0.2) is 24.3 Å². The third kappa shape index (κ3) is 3.41. The molecule has 2 N–H and O–H groups in total. The molecule has 184 valence electrons. The van der Waals surface area contributed by atoms with Crippen molar-refractivity contribution in [2.24, 2.45) is 23.2 Å². The van der Waals surface area contributed by atoms with Crippen molar-refractivity contribution in [1.29, 1.82) is 0 Å². The van der Waals surface area contributed by atoms with Crippen LogP contribution in [0.3, 0.4) is 0 Å². The van der Waals surface area contributed by atoms with Crippen LogP contribution in [0.1, 0.15) is 67.8 Å². The van der Waals surface area contributed by atoms with E-state index in [1.807, 2.05) is 17.6 Å². The first-order chi connectivity index (χ1) is 16.0. The van der Waals surface area contributed by atoms with Gasteiger partial charge in [-0.1, -0.05) is 24.6 Å². The van der Waals surface area contributed by atoms with Crippen LogP contribution >= 0.6 is 0 Å². The van der Waals surface area contributed by atoms with Gasteiger partial charge in [0, 0.05) is 11.6 Å². The number of aryl methyl sites for hydroxylation is 1. The molecule has 5 aliphatic rings. The smallest absolute Gasteiger partial charge is 0.314 e. The zero-order chi connectivity index (χ0) is 24.5. The van der Waals surface area contributed by atoms with Gasteiger partial charge in [0.2, 0.25) is 0 Å². The Morgan fingerprint density at radius 2 is 1.62 bits per heavy atom. The van der Waals surface area contributed by atoms with E-state index in [0.29, 0.717) is 24.2 Å². The SMILES string of the molecule is CC[C@@H](N1C(=O)N[C@](NC(=O)c2ccc(C)cc2)(C(F)(F)F)C1=O)C12CC3CC(CC(C3)C1)C2. The van der Waals surface area contributed by atoms with E-state index in [0.717, 1.165) is 49.0 Å². The second-order valence-corrected chi connectivity index (χ2v) is 10.9. The van der Waals surface area contributed by atoms with Gasteiger partial charge in [0.1, 0.15) is 0 Å². The summed E-state index contributed by atoms with van der Waals surface area (Å²) < 4.78 is 43.2. The maximum Gasteiger partial charge on any atom is 0.440 e. The molecule has 0 unspecified atom stereocenters. The predicted octanol–water partition coefficient (Wildman–Crippen LogP) is 4.53. The third-order valence-corrected chi connectivity index (χ3v) is 8.58. The summed E-state index contributed by atoms with van der Waals surface area (Å²) in [4.78, 5) is 40.1. The lowest BCUT2D eigenvalue weighted by molar-refractivity contribution is -0.202. The number of nitrogens with zero attached hydrogens (tertiary/aromatic N) is 1. The molecule has 0 spiro atoms. The Hall–Kier alpha value is -2.58. The van der Waals surface area contributed by atoms with E-state index in [4.69, 9.17) is 0 Å². The minimum atomic E-state index is -5.21. The fourth-order valence-electron chi connectivity index (χ4n) is 7.60. The minimum Gasteiger partial charge on any atom is -0.314 e. The van der Waals surface area contributed by atoms with E-state index in [-0.39, 0.29) is 11.0 Å². The monoisotopic (exact) mass is 477 g/mol. The molecule has 1 heterocycles. The lowest BCUT2D eigenvalue weighted by atomic mass is 9.47. The highest BCUT2D eigenvalue weighted by Gasteiger charge is 2.71. The van der Waals surface area contributed by atoms with Crippen molar-refractivity contribution in [2.75, 3.05) is 0 Å². The molecule has 4 bridgehead atoms. The Balaban J connectivity index is 1.48. The molecule has 4 amide bonds. The lowest BCUT2D eigenvalue weighted by Gasteiger charge is -2.60. The Morgan fingerprint density at radius 1 is 1.09 bits per heavy atom. The molecule has 9 heteroatoms. The molecule has 4 aliphatic carbocycles. The van der Waals surface area contributed by atoms with Crippen LogP contribution in [-0.2, 0) is 4.79 Å². The van der Waals surface area contributed by atoms with Gasteiger partial charge in [0.25, 0.3) is 17.5 Å². The van der Waals surface area contributed by atoms with Gasteiger partial charge < -0.3 is 5.32 Å². The second-order valence-electron chi connectivity index (χ2n) is 10.9. The summed E-state index contributed by atoms with van der Waals surface area (Å²) in [5, 5.41) is 3.69. The van der Waals surface area contributed by atoms with Gasteiger partial charge in [-0.15, -0.1) is 0 Å². The van der Waals surface area contributed by atoms with Crippen molar-refractivity contribution in [3.63, 3.8) is 0 Å². The summed E-state index contributed by atoms with van der Waals surface area (Å²) in [5.41, 5.74) is -3.02. The highest BCUT2D eigenvalue weighted by Crippen LogP contribution is 2.62. The van der Waals surface area contributed by atoms with Gasteiger partial charge >= 0.3 is 12.2 Å². The van der Waals surface area contributed by atoms with Gasteiger partial charge in [0.05, 0.1) is 0 Å². The minimum absolute atomic E-state index is 0.0251. The van der Waals surface area contributed by atoms with Crippen molar-refractivity contribution in [1.82, 2.24) is 15.5 Å². The molecular weight excluding hydrogens is 447 g/mol. The number of alkyl halides is 3. The van der Waals surface area contributed by atoms with E-state index >= 15 is 0 Å². The number of halogens is 3. The van der Waals surface area contributed by atoms with Crippen molar-refractivity contribution < 1.29 is 27.6 Å². The number of nitrogens with one attached hydrogen (secondary N) is 2. The average Bonchev–Trinajstić information content (AvgIpc) is 2.99. The topological polar surface area (TPSA) is 78.5 Å². The van der Waals surface area contributed by atoms with Crippen molar-refractivity contribution in [2.45, 2.75) is 76.7 Å². The summed E-state index contributed by atoms with van der Waals surface area (Å²) in [6.45, 7) is 3.61. The van der Waals surface area contributed by atoms with Crippen LogP contribution in [0.25, 0.3) is 0 Å². The molecule has 4 saturated carbocycles. The first-order valence-corrected chi connectivity index (χ1v) is 12.1. The maximum absolute atomic E-state index is 14.4. The number of hydrogen-bond donors (Lipinski definition) is 2. The lowest BCUT2D eigenvalue weighted by Crippen LogP contribution is -2.70. The van der Waals surface area contributed by atoms with Gasteiger partial charge in [-0.05, 0) is 87.2 Å². The highest BCUT2D eigenvalue weighted by molar-refractivity contribution is 6.10. The molecule has 5 fully saturated rings. The van der Waals surface area contributed by atoms with Crippen molar-refractivity contribution >= 4 is 17.8 Å². The van der Waals surface area contributed by atoms with Crippen LogP contribution in [0, 0.1) is 30.1 Å². The Morgan fingerprint density at radius 3 is 2.09 bits per heavy atom. The molecule has 1 saturated heterocycles. The Kier molecular flexibility index (Phi) is 5.26. The van der Waals surface area contributed by atoms with Gasteiger partial charge in [0.15, 0.2) is 0 Å². The van der Waals surface area contributed by atoms with Crippen LogP contribution in [0.4, 0.5) is 18.0 Å². The van der Waals surface area contributed by atoms with Gasteiger partial charge in [-0.2, -0.15) is 13.2 Å². The van der Waals surface area contributed by atoms with E-state index in [2.05, 4.69) is 0 Å². The number of benzene rings is 1. The maximum atomic E-state index is 14.4. The summed E-state index contributed by atoms with van der Waals surface area (Å²) in [6.07, 6.45) is 1.08. The number of hydrogen-bond acceptors (Lipinski definition) is 3. The van der Waals surface area contributed by atoms with E-state index in [9.17, 15) is 27.6 Å². The number of imide groups is 1. The van der Waals surface area contributed by atoms with Gasteiger partial charge in [-0.3, -0.25) is 19.8 Å². The molecule has 6 rings (SSSR count). The number of amides is 4. The largest absolute Gasteiger partial charge is 0.440 e. The van der Waals surface area contributed by atoms with Crippen LogP contribution in [-0.4, -0.2) is 40.6 Å². The molecule has 0 radical (unpaired) electrons. The summed E-state index contributed by atoms with van der Waals surface area (Å²) in [7, 11) is 0. The quantitative estimate of drug-likeness (QED) is 0.612. The highest BCUT2D eigenvalue weighted by atomic mass is 19.4. The zero-order valence-electron chi connectivity index (χ0n) is 19.4. The van der Waals surface area contributed by atoms with Crippen molar-refractivity contribution in [3.05, 3.63) is 35.4 Å². The van der Waals surface area contributed by atoms with Crippen LogP contribution in [0.2, 0.25) is 0 Å². The van der Waals surface area contributed by atoms with E-state index in [1.54, 1.807) is 19.1 Å². The average molecular weight is 478 g/mol. The van der Waals surface area contributed by atoms with Gasteiger partial charge in [-0.25, -0.2) is 4.79 Å². The Labute approximate surface area is 196 Å². The molecule has 1 aliphatic heterocycles. The summed E-state index contributed by atoms with van der Waals surface area (Å²) >= 11 is 0. The number of carbonyl (C=O) groups excluding carboxylic acids is 3. The standard InChI is InChI=1S/C25H30F3N3O3/c1-3-19(23-11-15-8-16(12-23)10-17(9-15)13-23)31-21(33)24(25(26,27)28,30-22(31)34)29-20(32)18-6-4-14(2)5-7-18/h4-7,15-17,19H,3,8-13H2,1-2H3,(H,29,32)(H,30,34)/t15?,16?,17?,19-,23?,24+/m1/s1. The molecule has 6 nitrogen and oxygen atoms in total. The molecule has 1 aromatic carbocycles. The number of rotatable bonds is 5. The fraction of sp³-hybridized carbons (Fsp3) is 0.640.